The summed E-state index contributed by atoms with van der Waals surface area (Å²) >= 11 is 0. The normalized spacial score (nSPS) is 12.2. The third kappa shape index (κ3) is 7.98. The maximum atomic E-state index is 12.2. The third-order valence-electron chi connectivity index (χ3n) is 4.47. The molecule has 0 unspecified atom stereocenters. The number of nitrogens with zero attached hydrogens (tertiary/aromatic N) is 1. The van der Waals surface area contributed by atoms with Crippen LogP contribution < -0.4 is 5.32 Å². The van der Waals surface area contributed by atoms with Gasteiger partial charge in [-0.3, -0.25) is 4.79 Å². The number of alkyl carbamates (subject to hydrolysis) is 1. The van der Waals surface area contributed by atoms with Crippen molar-refractivity contribution in [1.29, 1.82) is 0 Å². The highest BCUT2D eigenvalue weighted by atomic mass is 16.6. The van der Waals surface area contributed by atoms with Gasteiger partial charge in [-0.1, -0.05) is 54.6 Å². The molecule has 156 valence electrons. The minimum absolute atomic E-state index is 0.0421. The molecule has 2 aromatic carbocycles. The van der Waals surface area contributed by atoms with Crippen LogP contribution in [0.4, 0.5) is 4.79 Å². The Bertz CT molecular complexity index is 793. The number of carbonyl (C=O) groups excluding carboxylic acids is 2. The van der Waals surface area contributed by atoms with Crippen molar-refractivity contribution in [1.82, 2.24) is 10.2 Å². The molecule has 0 aliphatic carbocycles. The summed E-state index contributed by atoms with van der Waals surface area (Å²) < 4.78 is 5.39. The molecule has 29 heavy (non-hydrogen) atoms. The number of rotatable bonds is 7. The van der Waals surface area contributed by atoms with Crippen LogP contribution in [-0.4, -0.2) is 42.6 Å². The highest BCUT2D eigenvalue weighted by Crippen LogP contribution is 2.20. The standard InChI is InChI=1S/C24H32N2O3/c1-24(2,3)29-23(28)25-21(15-16-22(27)26(4)5)17-18-11-13-20(14-12-18)19-9-7-6-8-10-19/h6-14,21H,15-17H2,1-5H3,(H,25,28)/t21-/m0/s1. The Balaban J connectivity index is 2.07. The van der Waals surface area contributed by atoms with E-state index >= 15 is 0 Å². The number of carbonyl (C=O) groups is 2. The molecule has 0 spiro atoms. The van der Waals surface area contributed by atoms with Gasteiger partial charge in [0.05, 0.1) is 0 Å². The second-order valence-electron chi connectivity index (χ2n) is 8.44. The second-order valence-corrected chi connectivity index (χ2v) is 8.44. The number of hydrogen-bond acceptors (Lipinski definition) is 3. The first-order valence-corrected chi connectivity index (χ1v) is 9.98. The van der Waals surface area contributed by atoms with Gasteiger partial charge in [0.2, 0.25) is 5.91 Å². The van der Waals surface area contributed by atoms with Crippen LogP contribution in [0.5, 0.6) is 0 Å². The summed E-state index contributed by atoms with van der Waals surface area (Å²) in [4.78, 5) is 25.8. The molecule has 0 aromatic heterocycles. The second kappa shape index (κ2) is 10.1. The van der Waals surface area contributed by atoms with Gasteiger partial charge < -0.3 is 15.0 Å². The molecule has 0 saturated carbocycles. The molecular formula is C24H32N2O3. The van der Waals surface area contributed by atoms with Gasteiger partial charge in [-0.25, -0.2) is 4.79 Å². The molecule has 1 N–H and O–H groups in total. The first-order chi connectivity index (χ1) is 13.6. The van der Waals surface area contributed by atoms with Gasteiger partial charge in [-0.2, -0.15) is 0 Å². The lowest BCUT2D eigenvalue weighted by Gasteiger charge is -2.24. The van der Waals surface area contributed by atoms with E-state index in [1.54, 1.807) is 19.0 Å². The van der Waals surface area contributed by atoms with E-state index in [0.717, 1.165) is 11.1 Å². The average molecular weight is 397 g/mol. The first-order valence-electron chi connectivity index (χ1n) is 9.98. The van der Waals surface area contributed by atoms with Crippen LogP contribution in [0.15, 0.2) is 54.6 Å². The Morgan fingerprint density at radius 2 is 1.55 bits per heavy atom. The smallest absolute Gasteiger partial charge is 0.407 e. The van der Waals surface area contributed by atoms with Crippen LogP contribution in [0.25, 0.3) is 11.1 Å². The molecule has 0 aliphatic rings. The number of benzene rings is 2. The summed E-state index contributed by atoms with van der Waals surface area (Å²) in [7, 11) is 3.47. The maximum Gasteiger partial charge on any atom is 0.407 e. The summed E-state index contributed by atoms with van der Waals surface area (Å²) in [5.74, 6) is 0.0421. The molecule has 0 bridgehead atoms. The van der Waals surface area contributed by atoms with E-state index in [4.69, 9.17) is 4.74 Å². The van der Waals surface area contributed by atoms with Crippen LogP contribution in [-0.2, 0) is 16.0 Å². The molecule has 5 heteroatoms. The van der Waals surface area contributed by atoms with E-state index in [9.17, 15) is 9.59 Å². The van der Waals surface area contributed by atoms with Gasteiger partial charge >= 0.3 is 6.09 Å². The summed E-state index contributed by atoms with van der Waals surface area (Å²) in [6.45, 7) is 5.50. The predicted octanol–water partition coefficient (Wildman–Crippen LogP) is 4.66. The van der Waals surface area contributed by atoms with Crippen LogP contribution in [0.3, 0.4) is 0 Å². The Morgan fingerprint density at radius 1 is 0.966 bits per heavy atom. The largest absolute Gasteiger partial charge is 0.444 e. The van der Waals surface area contributed by atoms with Crippen LogP contribution >= 0.6 is 0 Å². The lowest BCUT2D eigenvalue weighted by atomic mass is 9.98. The molecule has 2 rings (SSSR count). The molecule has 0 heterocycles. The fraction of sp³-hybridized carbons (Fsp3) is 0.417. The van der Waals surface area contributed by atoms with Crippen LogP contribution in [0.2, 0.25) is 0 Å². The average Bonchev–Trinajstić information content (AvgIpc) is 2.65. The fourth-order valence-corrected chi connectivity index (χ4v) is 2.97. The van der Waals surface area contributed by atoms with E-state index in [2.05, 4.69) is 41.7 Å². The fourth-order valence-electron chi connectivity index (χ4n) is 2.97. The SMILES string of the molecule is CN(C)C(=O)CC[C@@H](Cc1ccc(-c2ccccc2)cc1)NC(=O)OC(C)(C)C. The van der Waals surface area contributed by atoms with E-state index in [1.807, 2.05) is 39.0 Å². The minimum atomic E-state index is -0.564. The van der Waals surface area contributed by atoms with Gasteiger partial charge in [0.1, 0.15) is 5.60 Å². The van der Waals surface area contributed by atoms with Gasteiger partial charge in [0.15, 0.2) is 0 Å². The van der Waals surface area contributed by atoms with Crippen molar-refractivity contribution in [3.63, 3.8) is 0 Å². The maximum absolute atomic E-state index is 12.2. The van der Waals surface area contributed by atoms with E-state index in [1.165, 1.54) is 5.56 Å². The van der Waals surface area contributed by atoms with Crippen molar-refractivity contribution in [2.75, 3.05) is 14.1 Å². The lowest BCUT2D eigenvalue weighted by molar-refractivity contribution is -0.128. The quantitative estimate of drug-likeness (QED) is 0.741. The summed E-state index contributed by atoms with van der Waals surface area (Å²) in [6.07, 6.45) is 1.10. The zero-order valence-electron chi connectivity index (χ0n) is 18.1. The molecule has 0 aliphatic heterocycles. The predicted molar refractivity (Wildman–Crippen MR) is 117 cm³/mol. The third-order valence-corrected chi connectivity index (χ3v) is 4.47. The molecular weight excluding hydrogens is 364 g/mol. The Labute approximate surface area is 174 Å². The summed E-state index contributed by atoms with van der Waals surface area (Å²) in [5.41, 5.74) is 2.85. The van der Waals surface area contributed by atoms with Crippen molar-refractivity contribution in [3.8, 4) is 11.1 Å². The molecule has 5 nitrogen and oxygen atoms in total. The first kappa shape index (κ1) is 22.5. The topological polar surface area (TPSA) is 58.6 Å². The Hall–Kier alpha value is -2.82. The van der Waals surface area contributed by atoms with E-state index in [0.29, 0.717) is 19.3 Å². The zero-order chi connectivity index (χ0) is 21.4. The van der Waals surface area contributed by atoms with Crippen molar-refractivity contribution in [2.45, 2.75) is 51.7 Å². The van der Waals surface area contributed by atoms with Gasteiger partial charge in [0, 0.05) is 26.6 Å². The molecule has 0 saturated heterocycles. The van der Waals surface area contributed by atoms with Crippen molar-refractivity contribution >= 4 is 12.0 Å². The lowest BCUT2D eigenvalue weighted by Crippen LogP contribution is -2.41. The highest BCUT2D eigenvalue weighted by molar-refractivity contribution is 5.75. The van der Waals surface area contributed by atoms with Crippen molar-refractivity contribution in [2.24, 2.45) is 0 Å². The molecule has 2 aromatic rings. The van der Waals surface area contributed by atoms with Gasteiger partial charge in [-0.15, -0.1) is 0 Å². The highest BCUT2D eigenvalue weighted by Gasteiger charge is 2.21. The minimum Gasteiger partial charge on any atom is -0.444 e. The Kier molecular flexibility index (Phi) is 7.82. The molecule has 0 fully saturated rings. The number of ether oxygens (including phenoxy) is 1. The van der Waals surface area contributed by atoms with Gasteiger partial charge in [-0.05, 0) is 50.3 Å². The molecule has 0 radical (unpaired) electrons. The van der Waals surface area contributed by atoms with Crippen LogP contribution in [0, 0.1) is 0 Å². The van der Waals surface area contributed by atoms with Crippen molar-refractivity contribution < 1.29 is 14.3 Å². The monoisotopic (exact) mass is 396 g/mol. The summed E-state index contributed by atoms with van der Waals surface area (Å²) in [5, 5.41) is 2.93. The summed E-state index contributed by atoms with van der Waals surface area (Å²) in [6, 6.07) is 18.3. The zero-order valence-corrected chi connectivity index (χ0v) is 18.1. The van der Waals surface area contributed by atoms with Gasteiger partial charge in [0.25, 0.3) is 0 Å². The van der Waals surface area contributed by atoms with Crippen molar-refractivity contribution in [3.05, 3.63) is 60.2 Å². The number of hydrogen-bond donors (Lipinski definition) is 1. The molecule has 1 atom stereocenters. The Morgan fingerprint density at radius 3 is 2.10 bits per heavy atom. The van der Waals surface area contributed by atoms with E-state index < -0.39 is 11.7 Å². The molecule has 2 amide bonds. The van der Waals surface area contributed by atoms with Crippen LogP contribution in [0.1, 0.15) is 39.2 Å². The number of amides is 2. The number of nitrogens with one attached hydrogen (secondary N) is 1. The van der Waals surface area contributed by atoms with E-state index in [-0.39, 0.29) is 11.9 Å².